The molecule has 1 aromatic rings. The Labute approximate surface area is 104 Å². The van der Waals surface area contributed by atoms with Crippen molar-refractivity contribution in [3.8, 4) is 0 Å². The molecule has 0 saturated heterocycles. The van der Waals surface area contributed by atoms with Gasteiger partial charge in [-0.2, -0.15) is 0 Å². The quantitative estimate of drug-likeness (QED) is 0.822. The van der Waals surface area contributed by atoms with Gasteiger partial charge in [0.1, 0.15) is 0 Å². The third-order valence-electron chi connectivity index (χ3n) is 4.65. The smallest absolute Gasteiger partial charge is 0.0792 e. The molecule has 0 aliphatic heterocycles. The summed E-state index contributed by atoms with van der Waals surface area (Å²) in [6.45, 7) is 0. The zero-order valence-electron chi connectivity index (χ0n) is 10.4. The summed E-state index contributed by atoms with van der Waals surface area (Å²) < 4.78 is 0. The maximum atomic E-state index is 10.3. The van der Waals surface area contributed by atoms with Gasteiger partial charge in [-0.25, -0.2) is 0 Å². The molecule has 0 radical (unpaired) electrons. The summed E-state index contributed by atoms with van der Waals surface area (Å²) in [6.07, 6.45) is 8.77. The fourth-order valence-electron chi connectivity index (χ4n) is 2.94. The molecule has 0 heterocycles. The average molecular weight is 230 g/mol. The standard InChI is InChI=1S/C16H22O/c17-16(10-12-4-1-5-12)15-9-3-8-14(11-15)13-6-2-7-13/h3,8-9,11-13,16-17H,1-2,4-7,10H2. The third kappa shape index (κ3) is 2.40. The Balaban J connectivity index is 1.67. The lowest BCUT2D eigenvalue weighted by Crippen LogP contribution is -2.15. The normalized spacial score (nSPS) is 22.9. The van der Waals surface area contributed by atoms with Crippen molar-refractivity contribution in [1.29, 1.82) is 0 Å². The van der Waals surface area contributed by atoms with E-state index in [0.717, 1.165) is 23.8 Å². The van der Waals surface area contributed by atoms with Gasteiger partial charge in [-0.05, 0) is 42.2 Å². The van der Waals surface area contributed by atoms with Gasteiger partial charge in [0.25, 0.3) is 0 Å². The Kier molecular flexibility index (Phi) is 3.19. The highest BCUT2D eigenvalue weighted by atomic mass is 16.3. The molecule has 17 heavy (non-hydrogen) atoms. The average Bonchev–Trinajstić information content (AvgIpc) is 2.21. The Bertz CT molecular complexity index is 377. The number of benzene rings is 1. The molecule has 0 aromatic heterocycles. The van der Waals surface area contributed by atoms with Gasteiger partial charge in [0.15, 0.2) is 0 Å². The van der Waals surface area contributed by atoms with Crippen LogP contribution in [-0.4, -0.2) is 5.11 Å². The van der Waals surface area contributed by atoms with E-state index in [2.05, 4.69) is 24.3 Å². The number of hydrogen-bond donors (Lipinski definition) is 1. The summed E-state index contributed by atoms with van der Waals surface area (Å²) in [7, 11) is 0. The summed E-state index contributed by atoms with van der Waals surface area (Å²) in [6, 6.07) is 8.68. The zero-order valence-corrected chi connectivity index (χ0v) is 10.4. The highest BCUT2D eigenvalue weighted by Crippen LogP contribution is 2.38. The highest BCUT2D eigenvalue weighted by molar-refractivity contribution is 5.29. The maximum absolute atomic E-state index is 10.3. The van der Waals surface area contributed by atoms with Crippen molar-refractivity contribution in [2.45, 2.75) is 57.0 Å². The first-order valence-corrected chi connectivity index (χ1v) is 7.11. The highest BCUT2D eigenvalue weighted by Gasteiger charge is 2.23. The number of aliphatic hydroxyl groups excluding tert-OH is 1. The van der Waals surface area contributed by atoms with Gasteiger partial charge in [0.05, 0.1) is 6.10 Å². The molecule has 1 N–H and O–H groups in total. The van der Waals surface area contributed by atoms with Crippen LogP contribution in [0.2, 0.25) is 0 Å². The van der Waals surface area contributed by atoms with Crippen molar-refractivity contribution in [2.24, 2.45) is 5.92 Å². The second kappa shape index (κ2) is 4.81. The van der Waals surface area contributed by atoms with Crippen LogP contribution >= 0.6 is 0 Å². The zero-order chi connectivity index (χ0) is 11.7. The van der Waals surface area contributed by atoms with Gasteiger partial charge in [-0.15, -0.1) is 0 Å². The molecule has 1 nitrogen and oxygen atoms in total. The van der Waals surface area contributed by atoms with E-state index in [-0.39, 0.29) is 6.10 Å². The summed E-state index contributed by atoms with van der Waals surface area (Å²) >= 11 is 0. The SMILES string of the molecule is OC(CC1CCC1)c1cccc(C2CCC2)c1. The van der Waals surface area contributed by atoms with Gasteiger partial charge in [0.2, 0.25) is 0 Å². The van der Waals surface area contributed by atoms with Gasteiger partial charge in [-0.1, -0.05) is 49.9 Å². The minimum atomic E-state index is -0.236. The second-order valence-corrected chi connectivity index (χ2v) is 5.85. The summed E-state index contributed by atoms with van der Waals surface area (Å²) in [5.41, 5.74) is 2.59. The van der Waals surface area contributed by atoms with Crippen LogP contribution in [0.3, 0.4) is 0 Å². The molecule has 1 atom stereocenters. The third-order valence-corrected chi connectivity index (χ3v) is 4.65. The van der Waals surface area contributed by atoms with Gasteiger partial charge in [0, 0.05) is 0 Å². The first-order chi connectivity index (χ1) is 8.33. The lowest BCUT2D eigenvalue weighted by molar-refractivity contribution is 0.118. The first-order valence-electron chi connectivity index (χ1n) is 7.11. The van der Waals surface area contributed by atoms with Gasteiger partial charge >= 0.3 is 0 Å². The largest absolute Gasteiger partial charge is 0.388 e. The first kappa shape index (κ1) is 11.3. The molecule has 92 valence electrons. The predicted molar refractivity (Wildman–Crippen MR) is 70.0 cm³/mol. The van der Waals surface area contributed by atoms with E-state index < -0.39 is 0 Å². The van der Waals surface area contributed by atoms with E-state index in [0.29, 0.717) is 0 Å². The van der Waals surface area contributed by atoms with E-state index in [4.69, 9.17) is 0 Å². The van der Waals surface area contributed by atoms with Crippen LogP contribution in [0.25, 0.3) is 0 Å². The van der Waals surface area contributed by atoms with E-state index in [9.17, 15) is 5.11 Å². The minimum absolute atomic E-state index is 0.236. The number of aliphatic hydroxyl groups is 1. The number of hydrogen-bond acceptors (Lipinski definition) is 1. The molecule has 0 spiro atoms. The van der Waals surface area contributed by atoms with E-state index >= 15 is 0 Å². The molecular weight excluding hydrogens is 208 g/mol. The maximum Gasteiger partial charge on any atom is 0.0792 e. The van der Waals surface area contributed by atoms with Crippen molar-refractivity contribution in [3.05, 3.63) is 35.4 Å². The Hall–Kier alpha value is -0.820. The molecule has 2 aliphatic carbocycles. The van der Waals surface area contributed by atoms with Crippen LogP contribution in [-0.2, 0) is 0 Å². The summed E-state index contributed by atoms with van der Waals surface area (Å²) in [5.74, 6) is 1.54. The second-order valence-electron chi connectivity index (χ2n) is 5.85. The van der Waals surface area contributed by atoms with Crippen molar-refractivity contribution in [2.75, 3.05) is 0 Å². The van der Waals surface area contributed by atoms with Crippen LogP contribution in [0.15, 0.2) is 24.3 Å². The Morgan fingerprint density at radius 3 is 2.47 bits per heavy atom. The molecule has 2 saturated carbocycles. The van der Waals surface area contributed by atoms with Crippen LogP contribution in [0, 0.1) is 5.92 Å². The molecule has 1 unspecified atom stereocenters. The van der Waals surface area contributed by atoms with E-state index in [1.54, 1.807) is 0 Å². The molecule has 0 bridgehead atoms. The fraction of sp³-hybridized carbons (Fsp3) is 0.625. The summed E-state index contributed by atoms with van der Waals surface area (Å²) in [5, 5.41) is 10.3. The molecule has 2 aliphatic rings. The fourth-order valence-corrected chi connectivity index (χ4v) is 2.94. The predicted octanol–water partition coefficient (Wildman–Crippen LogP) is 4.18. The Morgan fingerprint density at radius 2 is 1.88 bits per heavy atom. The summed E-state index contributed by atoms with van der Waals surface area (Å²) in [4.78, 5) is 0. The number of rotatable bonds is 4. The van der Waals surface area contributed by atoms with Crippen molar-refractivity contribution < 1.29 is 5.11 Å². The van der Waals surface area contributed by atoms with Crippen LogP contribution in [0.5, 0.6) is 0 Å². The molecular formula is C16H22O. The Morgan fingerprint density at radius 1 is 1.12 bits per heavy atom. The van der Waals surface area contributed by atoms with Gasteiger partial charge in [-0.3, -0.25) is 0 Å². The topological polar surface area (TPSA) is 20.2 Å². The van der Waals surface area contributed by atoms with Crippen molar-refractivity contribution in [1.82, 2.24) is 0 Å². The van der Waals surface area contributed by atoms with Crippen LogP contribution in [0.1, 0.15) is 68.1 Å². The molecule has 1 heteroatoms. The van der Waals surface area contributed by atoms with Crippen molar-refractivity contribution in [3.63, 3.8) is 0 Å². The van der Waals surface area contributed by atoms with Crippen molar-refractivity contribution >= 4 is 0 Å². The van der Waals surface area contributed by atoms with Crippen LogP contribution in [0.4, 0.5) is 0 Å². The monoisotopic (exact) mass is 230 g/mol. The molecule has 1 aromatic carbocycles. The lowest BCUT2D eigenvalue weighted by atomic mass is 9.78. The lowest BCUT2D eigenvalue weighted by Gasteiger charge is -2.29. The molecule has 3 rings (SSSR count). The van der Waals surface area contributed by atoms with Gasteiger partial charge < -0.3 is 5.11 Å². The molecule has 0 amide bonds. The van der Waals surface area contributed by atoms with E-state index in [1.165, 1.54) is 44.1 Å². The molecule has 2 fully saturated rings. The minimum Gasteiger partial charge on any atom is -0.388 e. The van der Waals surface area contributed by atoms with E-state index in [1.807, 2.05) is 0 Å². The van der Waals surface area contributed by atoms with Crippen LogP contribution < -0.4 is 0 Å².